The molecule has 0 spiro atoms. The largest absolute Gasteiger partial charge is 0.324 e. The molecule has 1 fully saturated rings. The van der Waals surface area contributed by atoms with Crippen molar-refractivity contribution in [3.05, 3.63) is 0 Å². The SMILES string of the molecule is CC[N+]1(C)CCC1C. The number of quaternary nitrogens is 1. The van der Waals surface area contributed by atoms with Crippen LogP contribution in [0.25, 0.3) is 0 Å². The van der Waals surface area contributed by atoms with E-state index in [2.05, 4.69) is 20.9 Å². The standard InChI is InChI=1S/C7H16N/c1-4-8(3)6-5-7(8)2/h7H,4-6H2,1-3H3/q+1. The summed E-state index contributed by atoms with van der Waals surface area (Å²) in [5.41, 5.74) is 0. The van der Waals surface area contributed by atoms with Gasteiger partial charge >= 0.3 is 0 Å². The number of rotatable bonds is 1. The smallest absolute Gasteiger partial charge is 0.0914 e. The predicted molar refractivity (Wildman–Crippen MR) is 35.7 cm³/mol. The fourth-order valence-corrected chi connectivity index (χ4v) is 1.30. The van der Waals surface area contributed by atoms with Crippen molar-refractivity contribution < 1.29 is 4.48 Å². The minimum absolute atomic E-state index is 0.931. The summed E-state index contributed by atoms with van der Waals surface area (Å²) in [6, 6.07) is 0.931. The maximum absolute atomic E-state index is 2.34. The Bertz CT molecular complexity index is 86.4. The molecule has 1 nitrogen and oxygen atoms in total. The van der Waals surface area contributed by atoms with Crippen molar-refractivity contribution in [1.82, 2.24) is 0 Å². The lowest BCUT2D eigenvalue weighted by atomic mass is 10.0. The average Bonchev–Trinajstić information content (AvgIpc) is 1.83. The summed E-state index contributed by atoms with van der Waals surface area (Å²) in [4.78, 5) is 0. The van der Waals surface area contributed by atoms with E-state index in [-0.39, 0.29) is 0 Å². The molecule has 0 aromatic rings. The quantitative estimate of drug-likeness (QED) is 0.450. The molecule has 1 heteroatoms. The van der Waals surface area contributed by atoms with Gasteiger partial charge in [-0.25, -0.2) is 0 Å². The van der Waals surface area contributed by atoms with Crippen molar-refractivity contribution in [1.29, 1.82) is 0 Å². The summed E-state index contributed by atoms with van der Waals surface area (Å²) in [7, 11) is 2.34. The Morgan fingerprint density at radius 1 is 1.62 bits per heavy atom. The molecule has 2 unspecified atom stereocenters. The lowest BCUT2D eigenvalue weighted by Gasteiger charge is -2.47. The molecule has 0 amide bonds. The van der Waals surface area contributed by atoms with Crippen LogP contribution in [-0.4, -0.2) is 30.7 Å². The maximum atomic E-state index is 2.34. The Morgan fingerprint density at radius 2 is 2.25 bits per heavy atom. The van der Waals surface area contributed by atoms with E-state index in [0.29, 0.717) is 0 Å². The number of hydrogen-bond acceptors (Lipinski definition) is 0. The van der Waals surface area contributed by atoms with E-state index < -0.39 is 0 Å². The van der Waals surface area contributed by atoms with Crippen LogP contribution in [0, 0.1) is 0 Å². The van der Waals surface area contributed by atoms with Crippen molar-refractivity contribution >= 4 is 0 Å². The fraction of sp³-hybridized carbons (Fsp3) is 1.00. The van der Waals surface area contributed by atoms with Gasteiger partial charge in [0.15, 0.2) is 0 Å². The molecule has 48 valence electrons. The van der Waals surface area contributed by atoms with Crippen LogP contribution >= 0.6 is 0 Å². The van der Waals surface area contributed by atoms with Gasteiger partial charge in [-0.05, 0) is 13.8 Å². The molecule has 1 saturated heterocycles. The maximum Gasteiger partial charge on any atom is 0.0914 e. The van der Waals surface area contributed by atoms with Gasteiger partial charge in [0.2, 0.25) is 0 Å². The second-order valence-corrected chi connectivity index (χ2v) is 3.16. The molecule has 1 aliphatic heterocycles. The van der Waals surface area contributed by atoms with Crippen LogP contribution in [0.2, 0.25) is 0 Å². The normalized spacial score (nSPS) is 46.1. The van der Waals surface area contributed by atoms with E-state index in [0.717, 1.165) is 6.04 Å². The van der Waals surface area contributed by atoms with Crippen molar-refractivity contribution in [2.75, 3.05) is 20.1 Å². The van der Waals surface area contributed by atoms with Crippen molar-refractivity contribution in [3.8, 4) is 0 Å². The van der Waals surface area contributed by atoms with Crippen molar-refractivity contribution in [2.24, 2.45) is 0 Å². The van der Waals surface area contributed by atoms with Gasteiger partial charge in [0.05, 0.1) is 26.2 Å². The fourth-order valence-electron chi connectivity index (χ4n) is 1.30. The molecule has 0 radical (unpaired) electrons. The zero-order valence-corrected chi connectivity index (χ0v) is 6.15. The van der Waals surface area contributed by atoms with Crippen LogP contribution in [0.3, 0.4) is 0 Å². The molecule has 0 aromatic carbocycles. The van der Waals surface area contributed by atoms with Gasteiger partial charge in [-0.1, -0.05) is 0 Å². The number of nitrogens with zero attached hydrogens (tertiary/aromatic N) is 1. The molecule has 0 aromatic heterocycles. The summed E-state index contributed by atoms with van der Waals surface area (Å²) in [5, 5.41) is 0. The lowest BCUT2D eigenvalue weighted by molar-refractivity contribution is -0.968. The van der Waals surface area contributed by atoms with Gasteiger partial charge in [-0.3, -0.25) is 0 Å². The van der Waals surface area contributed by atoms with Gasteiger partial charge in [-0.15, -0.1) is 0 Å². The average molecular weight is 114 g/mol. The van der Waals surface area contributed by atoms with Gasteiger partial charge in [0.25, 0.3) is 0 Å². The van der Waals surface area contributed by atoms with E-state index in [9.17, 15) is 0 Å². The highest BCUT2D eigenvalue weighted by atomic mass is 15.4. The number of likely N-dealkylation sites (tertiary alicyclic amines) is 1. The molecule has 1 heterocycles. The highest BCUT2D eigenvalue weighted by Crippen LogP contribution is 2.24. The summed E-state index contributed by atoms with van der Waals surface area (Å²) in [6.07, 6.45) is 1.43. The van der Waals surface area contributed by atoms with E-state index in [4.69, 9.17) is 0 Å². The highest BCUT2D eigenvalue weighted by Gasteiger charge is 2.36. The van der Waals surface area contributed by atoms with E-state index in [1.165, 1.54) is 24.0 Å². The van der Waals surface area contributed by atoms with Crippen molar-refractivity contribution in [3.63, 3.8) is 0 Å². The summed E-state index contributed by atoms with van der Waals surface area (Å²) in [5.74, 6) is 0. The topological polar surface area (TPSA) is 0 Å². The molecule has 1 aliphatic rings. The third-order valence-corrected chi connectivity index (χ3v) is 2.84. The summed E-state index contributed by atoms with van der Waals surface area (Å²) in [6.45, 7) is 7.32. The van der Waals surface area contributed by atoms with Crippen LogP contribution < -0.4 is 0 Å². The van der Waals surface area contributed by atoms with Gasteiger partial charge in [0, 0.05) is 6.42 Å². The minimum atomic E-state index is 0.931. The first kappa shape index (κ1) is 6.09. The molecule has 2 atom stereocenters. The first-order valence-corrected chi connectivity index (χ1v) is 3.53. The molecule has 1 rings (SSSR count). The third-order valence-electron chi connectivity index (χ3n) is 2.84. The van der Waals surface area contributed by atoms with Crippen LogP contribution in [0.1, 0.15) is 20.3 Å². The molecule has 0 bridgehead atoms. The van der Waals surface area contributed by atoms with Gasteiger partial charge in [-0.2, -0.15) is 0 Å². The Labute approximate surface area is 51.9 Å². The Kier molecular flexibility index (Phi) is 1.31. The third kappa shape index (κ3) is 0.655. The van der Waals surface area contributed by atoms with Crippen molar-refractivity contribution in [2.45, 2.75) is 26.3 Å². The monoisotopic (exact) mass is 114 g/mol. The predicted octanol–water partition coefficient (Wildman–Crippen LogP) is 1.25. The van der Waals surface area contributed by atoms with Crippen LogP contribution in [0.15, 0.2) is 0 Å². The second kappa shape index (κ2) is 1.73. The Balaban J connectivity index is 2.42. The first-order chi connectivity index (χ1) is 3.69. The Hall–Kier alpha value is -0.0400. The number of hydrogen-bond donors (Lipinski definition) is 0. The van der Waals surface area contributed by atoms with Gasteiger partial charge in [0.1, 0.15) is 0 Å². The van der Waals surface area contributed by atoms with E-state index >= 15 is 0 Å². The van der Waals surface area contributed by atoms with Gasteiger partial charge < -0.3 is 4.48 Å². The van der Waals surface area contributed by atoms with Crippen LogP contribution in [0.5, 0.6) is 0 Å². The second-order valence-electron chi connectivity index (χ2n) is 3.16. The first-order valence-electron chi connectivity index (χ1n) is 3.53. The van der Waals surface area contributed by atoms with Crippen LogP contribution in [-0.2, 0) is 0 Å². The zero-order chi connectivity index (χ0) is 6.20. The lowest BCUT2D eigenvalue weighted by Crippen LogP contribution is -2.60. The minimum Gasteiger partial charge on any atom is -0.324 e. The highest BCUT2D eigenvalue weighted by molar-refractivity contribution is 4.61. The van der Waals surface area contributed by atoms with E-state index in [1.807, 2.05) is 0 Å². The summed E-state index contributed by atoms with van der Waals surface area (Å²) < 4.78 is 1.31. The molecule has 0 saturated carbocycles. The molecular formula is C7H16N+. The molecule has 8 heavy (non-hydrogen) atoms. The summed E-state index contributed by atoms with van der Waals surface area (Å²) >= 11 is 0. The molecule has 0 aliphatic carbocycles. The van der Waals surface area contributed by atoms with E-state index in [1.54, 1.807) is 0 Å². The van der Waals surface area contributed by atoms with Crippen LogP contribution in [0.4, 0.5) is 0 Å². The zero-order valence-electron chi connectivity index (χ0n) is 6.15. The molecule has 0 N–H and O–H groups in total. The Morgan fingerprint density at radius 3 is 2.25 bits per heavy atom. The molecular weight excluding hydrogens is 98.1 g/mol.